The van der Waals surface area contributed by atoms with Crippen molar-refractivity contribution in [1.29, 1.82) is 5.26 Å². The Morgan fingerprint density at radius 2 is 1.92 bits per heavy atom. The van der Waals surface area contributed by atoms with Gasteiger partial charge in [0, 0.05) is 25.3 Å². The van der Waals surface area contributed by atoms with Crippen LogP contribution in [0.2, 0.25) is 0 Å². The molecular weight excluding hydrogens is 509 g/mol. The number of pyridine rings is 1. The van der Waals surface area contributed by atoms with Crippen LogP contribution in [0.25, 0.3) is 22.5 Å². The van der Waals surface area contributed by atoms with Crippen LogP contribution >= 0.6 is 0 Å². The van der Waals surface area contributed by atoms with Crippen molar-refractivity contribution >= 4 is 11.7 Å². The molecule has 1 aliphatic rings. The van der Waals surface area contributed by atoms with Crippen LogP contribution in [0.3, 0.4) is 0 Å². The number of rotatable bonds is 4. The summed E-state index contributed by atoms with van der Waals surface area (Å²) in [6.07, 6.45) is -3.08. The van der Waals surface area contributed by atoms with Crippen molar-refractivity contribution in [3.8, 4) is 40.4 Å². The molecule has 1 aliphatic heterocycles. The second kappa shape index (κ2) is 10.0. The molecule has 0 unspecified atom stereocenters. The lowest BCUT2D eigenvalue weighted by Gasteiger charge is -2.18. The molecule has 0 bridgehead atoms. The summed E-state index contributed by atoms with van der Waals surface area (Å²) >= 11 is 0. The van der Waals surface area contributed by atoms with Crippen molar-refractivity contribution in [3.05, 3.63) is 82.8 Å². The van der Waals surface area contributed by atoms with Crippen LogP contribution in [0.5, 0.6) is 0 Å². The molecule has 39 heavy (non-hydrogen) atoms. The van der Waals surface area contributed by atoms with Crippen molar-refractivity contribution < 1.29 is 22.7 Å². The van der Waals surface area contributed by atoms with Crippen molar-refractivity contribution in [1.82, 2.24) is 19.7 Å². The van der Waals surface area contributed by atoms with E-state index in [0.29, 0.717) is 28.1 Å². The second-order valence-corrected chi connectivity index (χ2v) is 8.69. The maximum absolute atomic E-state index is 13.7. The van der Waals surface area contributed by atoms with E-state index in [1.807, 2.05) is 0 Å². The Morgan fingerprint density at radius 3 is 2.62 bits per heavy atom. The fraction of sp³-hybridized carbons (Fsp3) is 0.179. The van der Waals surface area contributed by atoms with Crippen molar-refractivity contribution in [2.24, 2.45) is 7.05 Å². The number of aryl methyl sites for hydroxylation is 1. The Bertz CT molecular complexity index is 1710. The van der Waals surface area contributed by atoms with Crippen LogP contribution in [-0.4, -0.2) is 39.4 Å². The Balaban J connectivity index is 1.69. The smallest absolute Gasteiger partial charge is 0.372 e. The van der Waals surface area contributed by atoms with E-state index in [0.717, 1.165) is 6.07 Å². The highest BCUT2D eigenvalue weighted by atomic mass is 19.4. The number of fused-ring (bicyclic) bond motifs is 1. The van der Waals surface area contributed by atoms with E-state index in [2.05, 4.69) is 33.1 Å². The summed E-state index contributed by atoms with van der Waals surface area (Å²) in [5.74, 6) is 5.74. The lowest BCUT2D eigenvalue weighted by molar-refractivity contribution is -0.138. The van der Waals surface area contributed by atoms with Crippen LogP contribution in [0.15, 0.2) is 54.9 Å². The van der Waals surface area contributed by atoms with Gasteiger partial charge in [-0.3, -0.25) is 9.69 Å². The number of ether oxygens (including phenoxy) is 1. The van der Waals surface area contributed by atoms with Gasteiger partial charge in [-0.2, -0.15) is 18.4 Å². The molecule has 0 saturated carbocycles. The molecule has 0 aliphatic carbocycles. The summed E-state index contributed by atoms with van der Waals surface area (Å²) < 4.78 is 47.8. The first-order valence-corrected chi connectivity index (χ1v) is 11.6. The number of carbonyl (C=O) groups excluding carboxylic acids is 1. The minimum atomic E-state index is -4.61. The van der Waals surface area contributed by atoms with Gasteiger partial charge >= 0.3 is 6.18 Å². The average molecular weight is 528 g/mol. The largest absolute Gasteiger partial charge is 0.416 e. The summed E-state index contributed by atoms with van der Waals surface area (Å²) in [5.41, 5.74) is 1.42. The lowest BCUT2D eigenvalue weighted by Crippen LogP contribution is -2.24. The highest BCUT2D eigenvalue weighted by Crippen LogP contribution is 2.39. The molecule has 0 saturated heterocycles. The number of nitriles is 1. The first-order chi connectivity index (χ1) is 18.7. The first kappa shape index (κ1) is 25.6. The van der Waals surface area contributed by atoms with Crippen molar-refractivity contribution in [2.45, 2.75) is 12.7 Å². The predicted octanol–water partition coefficient (Wildman–Crippen LogP) is 4.59. The summed E-state index contributed by atoms with van der Waals surface area (Å²) in [6.45, 7) is -0.183. The van der Waals surface area contributed by atoms with Crippen molar-refractivity contribution in [3.63, 3.8) is 0 Å². The topological polar surface area (TPSA) is 96.9 Å². The number of hydrogen-bond acceptors (Lipinski definition) is 6. The molecule has 5 rings (SSSR count). The average Bonchev–Trinajstić information content (AvgIpc) is 3.50. The number of hydrogen-bond donors (Lipinski definition) is 0. The molecule has 0 radical (unpaired) electrons. The van der Waals surface area contributed by atoms with E-state index < -0.39 is 17.6 Å². The maximum Gasteiger partial charge on any atom is 0.416 e. The number of benzene rings is 2. The van der Waals surface area contributed by atoms with Gasteiger partial charge in [0.2, 0.25) is 0 Å². The summed E-state index contributed by atoms with van der Waals surface area (Å²) in [7, 11) is 3.26. The minimum absolute atomic E-state index is 0.0321. The van der Waals surface area contributed by atoms with E-state index >= 15 is 0 Å². The monoisotopic (exact) mass is 528 g/mol. The first-order valence-electron chi connectivity index (χ1n) is 11.6. The maximum atomic E-state index is 13.7. The molecule has 2 aromatic carbocycles. The van der Waals surface area contributed by atoms with Gasteiger partial charge in [0.25, 0.3) is 5.91 Å². The zero-order valence-electron chi connectivity index (χ0n) is 20.7. The number of methoxy groups -OCH3 is 1. The number of anilines is 1. The minimum Gasteiger partial charge on any atom is -0.372 e. The molecule has 0 N–H and O–H groups in total. The molecular formula is C28H19F3N6O2. The van der Waals surface area contributed by atoms with E-state index in [9.17, 15) is 23.2 Å². The normalized spacial score (nSPS) is 12.6. The summed E-state index contributed by atoms with van der Waals surface area (Å²) in [6, 6.07) is 14.0. The molecule has 3 heterocycles. The van der Waals surface area contributed by atoms with Crippen LogP contribution in [0.1, 0.15) is 32.7 Å². The van der Waals surface area contributed by atoms with Crippen LogP contribution < -0.4 is 4.90 Å². The number of carbonyl (C=O) groups is 1. The highest BCUT2D eigenvalue weighted by Gasteiger charge is 2.40. The third-order valence-corrected chi connectivity index (χ3v) is 6.21. The standard InChI is InChI=1S/C28H19F3N6O2/c1-36-16-33-35-26(36)20-9-8-17(14-32)11-22(20)18-12-19(5-4-10-39-2)34-25(13-18)37-15-23-21(27(37)38)6-3-7-24(23)28(29,30)31/h3,6-9,11-13,16H,10,15H2,1-2H3. The van der Waals surface area contributed by atoms with E-state index in [1.54, 1.807) is 41.9 Å². The van der Waals surface area contributed by atoms with E-state index in [4.69, 9.17) is 4.74 Å². The number of amides is 1. The third-order valence-electron chi connectivity index (χ3n) is 6.21. The third kappa shape index (κ3) is 4.83. The van der Waals surface area contributed by atoms with E-state index in [1.165, 1.54) is 30.5 Å². The van der Waals surface area contributed by atoms with Gasteiger partial charge in [0.05, 0.1) is 23.7 Å². The zero-order chi connectivity index (χ0) is 27.7. The lowest BCUT2D eigenvalue weighted by atomic mass is 9.96. The van der Waals surface area contributed by atoms with Crippen molar-refractivity contribution in [2.75, 3.05) is 18.6 Å². The molecule has 2 aromatic heterocycles. The molecule has 1 amide bonds. The number of aromatic nitrogens is 4. The predicted molar refractivity (Wildman–Crippen MR) is 135 cm³/mol. The zero-order valence-corrected chi connectivity index (χ0v) is 20.7. The molecule has 194 valence electrons. The Kier molecular flexibility index (Phi) is 6.60. The molecule has 8 nitrogen and oxygen atoms in total. The molecule has 4 aromatic rings. The van der Waals surface area contributed by atoms with Crippen LogP contribution in [0, 0.1) is 23.2 Å². The van der Waals surface area contributed by atoms with E-state index in [-0.39, 0.29) is 35.8 Å². The number of alkyl halides is 3. The van der Waals surface area contributed by atoms with Gasteiger partial charge in [0.15, 0.2) is 5.82 Å². The fourth-order valence-electron chi connectivity index (χ4n) is 4.43. The quantitative estimate of drug-likeness (QED) is 0.360. The Hall–Kier alpha value is -5.00. The van der Waals surface area contributed by atoms with Gasteiger partial charge in [0.1, 0.15) is 24.4 Å². The van der Waals surface area contributed by atoms with Gasteiger partial charge in [-0.15, -0.1) is 10.2 Å². The Morgan fingerprint density at radius 1 is 1.10 bits per heavy atom. The Labute approximate surface area is 221 Å². The molecule has 11 heteroatoms. The van der Waals surface area contributed by atoms with Crippen LogP contribution in [-0.2, 0) is 24.5 Å². The molecule has 0 atom stereocenters. The SMILES string of the molecule is COCC#Cc1cc(-c2cc(C#N)ccc2-c2nncn2C)cc(N2Cc3c(cccc3C(F)(F)F)C2=O)n1. The van der Waals surface area contributed by atoms with Crippen LogP contribution in [0.4, 0.5) is 19.0 Å². The fourth-order valence-corrected chi connectivity index (χ4v) is 4.43. The molecule has 0 fully saturated rings. The summed E-state index contributed by atoms with van der Waals surface area (Å²) in [5, 5.41) is 17.7. The van der Waals surface area contributed by atoms with Gasteiger partial charge in [-0.1, -0.05) is 12.0 Å². The van der Waals surface area contributed by atoms with Gasteiger partial charge in [-0.25, -0.2) is 4.98 Å². The number of halogens is 3. The van der Waals surface area contributed by atoms with Gasteiger partial charge in [-0.05, 0) is 65.1 Å². The number of nitrogens with zero attached hydrogens (tertiary/aromatic N) is 6. The van der Waals surface area contributed by atoms with Gasteiger partial charge < -0.3 is 9.30 Å². The highest BCUT2D eigenvalue weighted by molar-refractivity contribution is 6.10. The second-order valence-electron chi connectivity index (χ2n) is 8.69. The molecule has 0 spiro atoms. The summed E-state index contributed by atoms with van der Waals surface area (Å²) in [4.78, 5) is 19.0.